The second-order valence-corrected chi connectivity index (χ2v) is 6.87. The van der Waals surface area contributed by atoms with Crippen LogP contribution in [0.1, 0.15) is 11.1 Å². The Morgan fingerprint density at radius 2 is 1.93 bits per heavy atom. The van der Waals surface area contributed by atoms with Gasteiger partial charge in [0.25, 0.3) is 0 Å². The number of nitrogens with zero attached hydrogens (tertiary/aromatic N) is 2. The third kappa shape index (κ3) is 3.93. The summed E-state index contributed by atoms with van der Waals surface area (Å²) in [6, 6.07) is 11.5. The predicted octanol–water partition coefficient (Wildman–Crippen LogP) is 2.53. The van der Waals surface area contributed by atoms with Crippen molar-refractivity contribution in [3.05, 3.63) is 58.6 Å². The Bertz CT molecular complexity index is 1020. The van der Waals surface area contributed by atoms with Crippen LogP contribution in [0.15, 0.2) is 47.5 Å². The third-order valence-corrected chi connectivity index (χ3v) is 4.91. The average Bonchev–Trinajstić information content (AvgIpc) is 3.17. The minimum absolute atomic E-state index is 0.0376. The van der Waals surface area contributed by atoms with Crippen molar-refractivity contribution in [2.45, 2.75) is 13.1 Å². The molecule has 4 rings (SSSR count). The maximum absolute atomic E-state index is 12.7. The molecule has 1 fully saturated rings. The Kier molecular flexibility index (Phi) is 5.18. The normalized spacial score (nSPS) is 18.4. The van der Waals surface area contributed by atoms with Gasteiger partial charge in [0, 0.05) is 11.2 Å². The largest absolute Gasteiger partial charge is 0.454 e. The van der Waals surface area contributed by atoms with Gasteiger partial charge in [-0.25, -0.2) is 4.79 Å². The maximum Gasteiger partial charge on any atom is 0.331 e. The summed E-state index contributed by atoms with van der Waals surface area (Å²) in [5.41, 5.74) is 1.43. The van der Waals surface area contributed by atoms with Crippen LogP contribution in [-0.2, 0) is 22.7 Å². The number of aliphatic imine (C=N–C) groups is 1. The van der Waals surface area contributed by atoms with Crippen LogP contribution in [0.5, 0.6) is 11.5 Å². The van der Waals surface area contributed by atoms with E-state index >= 15 is 0 Å². The van der Waals surface area contributed by atoms with E-state index in [-0.39, 0.29) is 19.9 Å². The molecule has 9 heteroatoms. The molecule has 0 aliphatic carbocycles. The van der Waals surface area contributed by atoms with Crippen molar-refractivity contribution in [2.24, 2.45) is 10.9 Å². The fourth-order valence-electron chi connectivity index (χ4n) is 3.01. The lowest BCUT2D eigenvalue weighted by Crippen LogP contribution is -2.57. The number of amides is 4. The number of carbonyl (C=O) groups excluding carboxylic acids is 3. The van der Waals surface area contributed by atoms with Gasteiger partial charge in [-0.2, -0.15) is 0 Å². The van der Waals surface area contributed by atoms with E-state index in [1.165, 1.54) is 6.21 Å². The number of hydrogen-bond acceptors (Lipinski definition) is 6. The minimum atomic E-state index is -1.19. The first-order chi connectivity index (χ1) is 14.0. The molecule has 0 saturated carbocycles. The van der Waals surface area contributed by atoms with Crippen LogP contribution in [0, 0.1) is 5.92 Å². The van der Waals surface area contributed by atoms with Gasteiger partial charge >= 0.3 is 6.03 Å². The first-order valence-corrected chi connectivity index (χ1v) is 9.19. The Morgan fingerprint density at radius 1 is 1.14 bits per heavy atom. The summed E-state index contributed by atoms with van der Waals surface area (Å²) in [5, 5.41) is 2.62. The third-order valence-electron chi connectivity index (χ3n) is 4.54. The second-order valence-electron chi connectivity index (χ2n) is 6.47. The Morgan fingerprint density at radius 3 is 2.76 bits per heavy atom. The highest BCUT2D eigenvalue weighted by Gasteiger charge is 2.39. The van der Waals surface area contributed by atoms with Crippen molar-refractivity contribution in [3.8, 4) is 11.5 Å². The molecule has 2 aliphatic rings. The van der Waals surface area contributed by atoms with Crippen molar-refractivity contribution >= 4 is 35.7 Å². The predicted molar refractivity (Wildman–Crippen MR) is 104 cm³/mol. The smallest absolute Gasteiger partial charge is 0.331 e. The summed E-state index contributed by atoms with van der Waals surface area (Å²) in [5.74, 6) is -1.25. The number of benzene rings is 2. The average molecular weight is 414 g/mol. The molecule has 2 aromatic rings. The number of rotatable bonds is 5. The molecule has 0 unspecified atom stereocenters. The van der Waals surface area contributed by atoms with Crippen molar-refractivity contribution in [2.75, 3.05) is 6.79 Å². The second kappa shape index (κ2) is 7.92. The summed E-state index contributed by atoms with van der Waals surface area (Å²) in [4.78, 5) is 42.2. The van der Waals surface area contributed by atoms with Crippen molar-refractivity contribution in [1.82, 2.24) is 10.2 Å². The number of imide groups is 2. The Labute approximate surface area is 171 Å². The molecule has 29 heavy (non-hydrogen) atoms. The van der Waals surface area contributed by atoms with Gasteiger partial charge in [0.15, 0.2) is 17.4 Å². The van der Waals surface area contributed by atoms with E-state index in [2.05, 4.69) is 10.3 Å². The molecule has 0 radical (unpaired) electrons. The summed E-state index contributed by atoms with van der Waals surface area (Å²) in [6.45, 7) is 0.379. The molecule has 2 aromatic carbocycles. The van der Waals surface area contributed by atoms with Crippen LogP contribution in [0.4, 0.5) is 4.79 Å². The highest BCUT2D eigenvalue weighted by atomic mass is 35.5. The molecule has 4 amide bonds. The molecule has 1 saturated heterocycles. The maximum atomic E-state index is 12.7. The fourth-order valence-corrected chi connectivity index (χ4v) is 3.21. The number of carbonyl (C=O) groups is 3. The number of ether oxygens (including phenoxy) is 2. The van der Waals surface area contributed by atoms with E-state index in [4.69, 9.17) is 21.1 Å². The van der Waals surface area contributed by atoms with Crippen molar-refractivity contribution in [3.63, 3.8) is 0 Å². The van der Waals surface area contributed by atoms with Gasteiger partial charge in [0.1, 0.15) is 0 Å². The van der Waals surface area contributed by atoms with E-state index < -0.39 is 23.8 Å². The van der Waals surface area contributed by atoms with Gasteiger partial charge in [-0.3, -0.25) is 24.8 Å². The topological polar surface area (TPSA) is 97.3 Å². The highest BCUT2D eigenvalue weighted by molar-refractivity contribution is 6.31. The van der Waals surface area contributed by atoms with Crippen LogP contribution in [0.3, 0.4) is 0 Å². The molecule has 0 spiro atoms. The zero-order valence-corrected chi connectivity index (χ0v) is 15.9. The number of fused-ring (bicyclic) bond motifs is 1. The molecule has 0 aromatic heterocycles. The molecule has 2 aliphatic heterocycles. The molecular formula is C20H16ClN3O5. The highest BCUT2D eigenvalue weighted by Crippen LogP contribution is 2.32. The quantitative estimate of drug-likeness (QED) is 0.600. The van der Waals surface area contributed by atoms with E-state index in [1.807, 2.05) is 6.07 Å². The number of barbiturate groups is 1. The molecule has 1 N–H and O–H groups in total. The summed E-state index contributed by atoms with van der Waals surface area (Å²) >= 11 is 6.11. The van der Waals surface area contributed by atoms with E-state index in [0.717, 1.165) is 10.5 Å². The number of hydrogen-bond donors (Lipinski definition) is 1. The standard InChI is InChI=1S/C20H16ClN3O5/c21-15-4-2-1-3-13(15)10-24-19(26)14(18(25)23-20(24)27)9-22-8-12-5-6-16-17(7-12)29-11-28-16/h1-7,9,14H,8,10-11H2,(H,23,25,27)/t14-/m1/s1. The molecule has 8 nitrogen and oxygen atoms in total. The lowest BCUT2D eigenvalue weighted by molar-refractivity contribution is -0.139. The van der Waals surface area contributed by atoms with Gasteiger partial charge in [-0.15, -0.1) is 0 Å². The molecule has 148 valence electrons. The van der Waals surface area contributed by atoms with Gasteiger partial charge in [-0.1, -0.05) is 35.9 Å². The molecule has 0 bridgehead atoms. The van der Waals surface area contributed by atoms with Gasteiger partial charge in [0.05, 0.1) is 13.1 Å². The minimum Gasteiger partial charge on any atom is -0.454 e. The van der Waals surface area contributed by atoms with Gasteiger partial charge < -0.3 is 9.47 Å². The van der Waals surface area contributed by atoms with Gasteiger partial charge in [-0.05, 0) is 29.3 Å². The van der Waals surface area contributed by atoms with Crippen LogP contribution >= 0.6 is 11.6 Å². The van der Waals surface area contributed by atoms with Crippen molar-refractivity contribution < 1.29 is 23.9 Å². The van der Waals surface area contributed by atoms with Crippen LogP contribution in [0.25, 0.3) is 0 Å². The monoisotopic (exact) mass is 413 g/mol. The molecule has 1 atom stereocenters. The SMILES string of the molecule is O=C1NC(=O)N(Cc2ccccc2Cl)C(=O)[C@@H]1C=NCc1ccc2c(c1)OCO2. The van der Waals surface area contributed by atoms with Gasteiger partial charge in [0.2, 0.25) is 18.6 Å². The lowest BCUT2D eigenvalue weighted by atomic mass is 10.1. The van der Waals surface area contributed by atoms with E-state index in [0.29, 0.717) is 22.1 Å². The summed E-state index contributed by atoms with van der Waals surface area (Å²) in [6.07, 6.45) is 1.26. The fraction of sp³-hybridized carbons (Fsp3) is 0.200. The van der Waals surface area contributed by atoms with E-state index in [9.17, 15) is 14.4 Å². The summed E-state index contributed by atoms with van der Waals surface area (Å²) in [7, 11) is 0. The first kappa shape index (κ1) is 18.9. The zero-order chi connectivity index (χ0) is 20.4. The number of nitrogens with one attached hydrogen (secondary N) is 1. The lowest BCUT2D eigenvalue weighted by Gasteiger charge is -2.28. The van der Waals surface area contributed by atoms with Crippen molar-refractivity contribution in [1.29, 1.82) is 0 Å². The van der Waals surface area contributed by atoms with E-state index in [1.54, 1.807) is 36.4 Å². The number of urea groups is 1. The Balaban J connectivity index is 1.46. The molecule has 2 heterocycles. The number of halogens is 1. The van der Waals surface area contributed by atoms with Crippen LogP contribution in [-0.4, -0.2) is 35.8 Å². The summed E-state index contributed by atoms with van der Waals surface area (Å²) < 4.78 is 10.6. The Hall–Kier alpha value is -3.39. The zero-order valence-electron chi connectivity index (χ0n) is 15.1. The molecular weight excluding hydrogens is 398 g/mol. The van der Waals surface area contributed by atoms with Crippen LogP contribution in [0.2, 0.25) is 5.02 Å². The van der Waals surface area contributed by atoms with Crippen LogP contribution < -0.4 is 14.8 Å². The first-order valence-electron chi connectivity index (χ1n) is 8.81.